The lowest BCUT2D eigenvalue weighted by Gasteiger charge is -2.38. The summed E-state index contributed by atoms with van der Waals surface area (Å²) in [6.45, 7) is 3.88. The van der Waals surface area contributed by atoms with Crippen LogP contribution in [0.1, 0.15) is 12.8 Å². The standard InChI is InChI=1S/C29H32ClFN6O4/c1-35-9-10-36(18-21(35)15-29(39)40-2)8-6-28(38)34-27-14-20(5-7-32-27)37-11-12-41-26-17-33-24(16-25(26)37)22-13-19(30)3-4-23(22)31/h3-5,7,13-14,16-17,21H,6,8-12,15,18H2,1-2H3,(H,32,34,38). The van der Waals surface area contributed by atoms with Crippen molar-refractivity contribution in [1.29, 1.82) is 0 Å². The molecule has 2 aliphatic heterocycles. The van der Waals surface area contributed by atoms with Gasteiger partial charge in [-0.3, -0.25) is 19.5 Å². The second-order valence-corrected chi connectivity index (χ2v) is 10.5. The first-order valence-corrected chi connectivity index (χ1v) is 13.8. The number of amides is 1. The molecule has 0 spiro atoms. The van der Waals surface area contributed by atoms with Crippen molar-refractivity contribution in [3.63, 3.8) is 0 Å². The van der Waals surface area contributed by atoms with Crippen molar-refractivity contribution in [1.82, 2.24) is 19.8 Å². The number of ether oxygens (including phenoxy) is 2. The molecule has 1 unspecified atom stereocenters. The summed E-state index contributed by atoms with van der Waals surface area (Å²) in [6, 6.07) is 9.82. The number of pyridine rings is 2. The number of hydrogen-bond donors (Lipinski definition) is 1. The van der Waals surface area contributed by atoms with E-state index in [2.05, 4.69) is 25.1 Å². The Kier molecular flexibility index (Phi) is 8.96. The maximum Gasteiger partial charge on any atom is 0.307 e. The molecule has 1 aromatic carbocycles. The fourth-order valence-electron chi connectivity index (χ4n) is 5.06. The number of carbonyl (C=O) groups excluding carboxylic acids is 2. The third-order valence-electron chi connectivity index (χ3n) is 7.38. The summed E-state index contributed by atoms with van der Waals surface area (Å²) >= 11 is 6.10. The minimum absolute atomic E-state index is 0.0556. The number of anilines is 3. The Balaban J connectivity index is 1.25. The van der Waals surface area contributed by atoms with Crippen molar-refractivity contribution in [2.75, 3.05) is 63.7 Å². The Morgan fingerprint density at radius 2 is 2.02 bits per heavy atom. The Hall–Kier alpha value is -3.80. The number of methoxy groups -OCH3 is 1. The van der Waals surface area contributed by atoms with Gasteiger partial charge >= 0.3 is 5.97 Å². The van der Waals surface area contributed by atoms with Crippen LogP contribution in [-0.2, 0) is 14.3 Å². The molecule has 1 N–H and O–H groups in total. The van der Waals surface area contributed by atoms with Crippen LogP contribution >= 0.6 is 11.6 Å². The van der Waals surface area contributed by atoms with E-state index >= 15 is 0 Å². The molecule has 2 aromatic heterocycles. The maximum atomic E-state index is 14.5. The summed E-state index contributed by atoms with van der Waals surface area (Å²) in [5.41, 5.74) is 2.25. The summed E-state index contributed by atoms with van der Waals surface area (Å²) in [4.78, 5) is 39.7. The van der Waals surface area contributed by atoms with Gasteiger partial charge in [0.05, 0.1) is 37.7 Å². The monoisotopic (exact) mass is 582 g/mol. The summed E-state index contributed by atoms with van der Waals surface area (Å²) in [5, 5.41) is 3.32. The van der Waals surface area contributed by atoms with Gasteiger partial charge in [0, 0.05) is 67.2 Å². The highest BCUT2D eigenvalue weighted by molar-refractivity contribution is 6.30. The number of halogens is 2. The summed E-state index contributed by atoms with van der Waals surface area (Å²) in [7, 11) is 3.39. The largest absolute Gasteiger partial charge is 0.488 e. The van der Waals surface area contributed by atoms with Crippen molar-refractivity contribution in [3.05, 3.63) is 59.6 Å². The molecule has 1 amide bonds. The summed E-state index contributed by atoms with van der Waals surface area (Å²) in [5.74, 6) is 0.192. The van der Waals surface area contributed by atoms with E-state index in [1.807, 2.05) is 18.0 Å². The first kappa shape index (κ1) is 28.7. The zero-order chi connectivity index (χ0) is 28.9. The number of nitrogens with zero attached hydrogens (tertiary/aromatic N) is 5. The van der Waals surface area contributed by atoms with Crippen LogP contribution in [0.15, 0.2) is 48.8 Å². The van der Waals surface area contributed by atoms with Gasteiger partial charge in [-0.25, -0.2) is 9.37 Å². The number of piperazine rings is 1. The van der Waals surface area contributed by atoms with Crippen LogP contribution in [0, 0.1) is 5.82 Å². The van der Waals surface area contributed by atoms with Gasteiger partial charge in [0.1, 0.15) is 18.2 Å². The molecule has 1 fully saturated rings. The smallest absolute Gasteiger partial charge is 0.307 e. The quantitative estimate of drug-likeness (QED) is 0.395. The van der Waals surface area contributed by atoms with Gasteiger partial charge in [-0.05, 0) is 37.4 Å². The number of carbonyl (C=O) groups is 2. The van der Waals surface area contributed by atoms with E-state index in [0.29, 0.717) is 66.9 Å². The highest BCUT2D eigenvalue weighted by atomic mass is 35.5. The van der Waals surface area contributed by atoms with Crippen molar-refractivity contribution >= 4 is 40.7 Å². The van der Waals surface area contributed by atoms with E-state index in [0.717, 1.165) is 24.5 Å². The lowest BCUT2D eigenvalue weighted by Crippen LogP contribution is -2.52. The second kappa shape index (κ2) is 12.8. The van der Waals surface area contributed by atoms with E-state index in [1.54, 1.807) is 30.6 Å². The molecule has 1 atom stereocenters. The number of aromatic nitrogens is 2. The zero-order valence-corrected chi connectivity index (χ0v) is 23.7. The van der Waals surface area contributed by atoms with Crippen LogP contribution in [-0.4, -0.2) is 91.2 Å². The van der Waals surface area contributed by atoms with Gasteiger partial charge in [-0.1, -0.05) is 11.6 Å². The van der Waals surface area contributed by atoms with Gasteiger partial charge < -0.3 is 24.6 Å². The highest BCUT2D eigenvalue weighted by Crippen LogP contribution is 2.39. The highest BCUT2D eigenvalue weighted by Gasteiger charge is 2.27. The zero-order valence-electron chi connectivity index (χ0n) is 23.0. The molecule has 2 aliphatic rings. The molecular weight excluding hydrogens is 551 g/mol. The predicted octanol–water partition coefficient (Wildman–Crippen LogP) is 3.97. The van der Waals surface area contributed by atoms with E-state index in [9.17, 15) is 14.0 Å². The number of benzene rings is 1. The van der Waals surface area contributed by atoms with Crippen LogP contribution in [0.5, 0.6) is 5.75 Å². The molecular formula is C29H32ClFN6O4. The molecule has 216 valence electrons. The first-order chi connectivity index (χ1) is 19.8. The Bertz CT molecular complexity index is 1430. The molecule has 3 aromatic rings. The molecule has 12 heteroatoms. The summed E-state index contributed by atoms with van der Waals surface area (Å²) in [6.07, 6.45) is 3.83. The van der Waals surface area contributed by atoms with E-state index in [1.165, 1.54) is 19.2 Å². The van der Waals surface area contributed by atoms with Gasteiger partial charge in [-0.15, -0.1) is 0 Å². The number of nitrogens with one attached hydrogen (secondary N) is 1. The second-order valence-electron chi connectivity index (χ2n) is 10.1. The van der Waals surface area contributed by atoms with E-state index in [4.69, 9.17) is 21.1 Å². The number of esters is 1. The SMILES string of the molecule is COC(=O)CC1CN(CCC(=O)Nc2cc(N3CCOc4cnc(-c5cc(Cl)ccc5F)cc43)ccn2)CCN1C. The van der Waals surface area contributed by atoms with Crippen LogP contribution in [0.3, 0.4) is 0 Å². The van der Waals surface area contributed by atoms with Crippen LogP contribution < -0.4 is 15.0 Å². The maximum absolute atomic E-state index is 14.5. The number of likely N-dealkylation sites (N-methyl/N-ethyl adjacent to an activating group) is 1. The third kappa shape index (κ3) is 6.92. The van der Waals surface area contributed by atoms with Crippen molar-refractivity contribution in [2.45, 2.75) is 18.9 Å². The average molecular weight is 583 g/mol. The lowest BCUT2D eigenvalue weighted by molar-refractivity contribution is -0.142. The molecule has 0 bridgehead atoms. The van der Waals surface area contributed by atoms with Gasteiger partial charge in [0.15, 0.2) is 5.75 Å². The van der Waals surface area contributed by atoms with Crippen molar-refractivity contribution in [3.8, 4) is 17.0 Å². The topological polar surface area (TPSA) is 100 Å². The minimum atomic E-state index is -0.422. The van der Waals surface area contributed by atoms with E-state index < -0.39 is 5.82 Å². The molecule has 5 rings (SSSR count). The van der Waals surface area contributed by atoms with Gasteiger partial charge in [0.25, 0.3) is 0 Å². The van der Waals surface area contributed by atoms with Crippen molar-refractivity contribution in [2.24, 2.45) is 0 Å². The van der Waals surface area contributed by atoms with Crippen molar-refractivity contribution < 1.29 is 23.5 Å². The van der Waals surface area contributed by atoms with Gasteiger partial charge in [0.2, 0.25) is 5.91 Å². The Morgan fingerprint density at radius 3 is 2.85 bits per heavy atom. The third-order valence-corrected chi connectivity index (χ3v) is 7.62. The molecule has 4 heterocycles. The van der Waals surface area contributed by atoms with Crippen LogP contribution in [0.2, 0.25) is 5.02 Å². The van der Waals surface area contributed by atoms with Crippen LogP contribution in [0.25, 0.3) is 11.3 Å². The fraction of sp³-hybridized carbons (Fsp3) is 0.379. The average Bonchev–Trinajstić information content (AvgIpc) is 2.98. The minimum Gasteiger partial charge on any atom is -0.488 e. The lowest BCUT2D eigenvalue weighted by atomic mass is 10.1. The first-order valence-electron chi connectivity index (χ1n) is 13.4. The van der Waals surface area contributed by atoms with E-state index in [-0.39, 0.29) is 17.9 Å². The predicted molar refractivity (Wildman–Crippen MR) is 154 cm³/mol. The summed E-state index contributed by atoms with van der Waals surface area (Å²) < 4.78 is 25.2. The normalized spacial score (nSPS) is 17.5. The Morgan fingerprint density at radius 1 is 1.17 bits per heavy atom. The molecule has 1 saturated heterocycles. The molecule has 10 nitrogen and oxygen atoms in total. The number of hydrogen-bond acceptors (Lipinski definition) is 9. The number of fused-ring (bicyclic) bond motifs is 1. The fourth-order valence-corrected chi connectivity index (χ4v) is 5.23. The molecule has 0 saturated carbocycles. The van der Waals surface area contributed by atoms with Gasteiger partial charge in [-0.2, -0.15) is 0 Å². The molecule has 0 radical (unpaired) electrons. The number of rotatable bonds is 8. The Labute approximate surface area is 243 Å². The molecule has 0 aliphatic carbocycles. The van der Waals surface area contributed by atoms with Crippen LogP contribution in [0.4, 0.5) is 21.6 Å². The molecule has 41 heavy (non-hydrogen) atoms.